The maximum absolute atomic E-state index is 15.7. The Balaban J connectivity index is 1.75. The van der Waals surface area contributed by atoms with Crippen LogP contribution >= 0.6 is 0 Å². The number of aromatic amines is 1. The number of rotatable bonds is 4. The molecule has 0 aliphatic heterocycles. The lowest BCUT2D eigenvalue weighted by atomic mass is 9.81. The maximum Gasteiger partial charge on any atom is 0.156 e. The highest BCUT2D eigenvalue weighted by molar-refractivity contribution is 6.00. The molecule has 1 N–H and O–H groups in total. The lowest BCUT2D eigenvalue weighted by Gasteiger charge is -2.25. The summed E-state index contributed by atoms with van der Waals surface area (Å²) in [4.78, 5) is 4.37. The second-order valence-corrected chi connectivity index (χ2v) is 8.11. The molecule has 3 aromatic heterocycles. The number of fused-ring (bicyclic) bond motifs is 2. The predicted octanol–water partition coefficient (Wildman–Crippen LogP) is 4.83. The van der Waals surface area contributed by atoms with E-state index in [2.05, 4.69) is 27.2 Å². The van der Waals surface area contributed by atoms with E-state index in [1.165, 1.54) is 19.4 Å². The van der Waals surface area contributed by atoms with Crippen LogP contribution in [0.2, 0.25) is 0 Å². The van der Waals surface area contributed by atoms with Crippen LogP contribution in [0.3, 0.4) is 0 Å². The highest BCUT2D eigenvalue weighted by atomic mass is 19.1. The number of nitrogens with zero attached hydrogens (tertiary/aromatic N) is 4. The third-order valence-corrected chi connectivity index (χ3v) is 6.28. The number of benzene rings is 1. The van der Waals surface area contributed by atoms with Crippen molar-refractivity contribution < 1.29 is 13.5 Å². The normalized spacial score (nSPS) is 16.0. The third-order valence-electron chi connectivity index (χ3n) is 6.28. The number of H-pyrrole nitrogens is 1. The maximum atomic E-state index is 15.7. The number of halogens is 2. The molecule has 1 aliphatic carbocycles. The summed E-state index contributed by atoms with van der Waals surface area (Å²) >= 11 is 0. The van der Waals surface area contributed by atoms with Gasteiger partial charge in [0.25, 0.3) is 0 Å². The van der Waals surface area contributed by atoms with E-state index in [0.29, 0.717) is 40.9 Å². The zero-order valence-electron chi connectivity index (χ0n) is 17.7. The molecular weight excluding hydrogens is 400 g/mol. The Morgan fingerprint density at radius 3 is 2.81 bits per heavy atom. The minimum atomic E-state index is -0.622. The Hall–Kier alpha value is -3.29. The summed E-state index contributed by atoms with van der Waals surface area (Å²) < 4.78 is 38.2. The average Bonchev–Trinajstić information content (AvgIpc) is 3.39. The highest BCUT2D eigenvalue weighted by Gasteiger charge is 2.29. The molecule has 3 heterocycles. The van der Waals surface area contributed by atoms with E-state index >= 15 is 8.78 Å². The SMILES string of the molecule is CCC1CCc2cc(F)c(-c3ncc4[nH]nc(-c5cnn(C)c5)c4c3OC)c(F)c2C1. The van der Waals surface area contributed by atoms with Crippen molar-refractivity contribution in [2.24, 2.45) is 13.0 Å². The van der Waals surface area contributed by atoms with E-state index in [9.17, 15) is 0 Å². The first-order chi connectivity index (χ1) is 15.0. The number of hydrogen-bond acceptors (Lipinski definition) is 4. The topological polar surface area (TPSA) is 68.6 Å². The van der Waals surface area contributed by atoms with Gasteiger partial charge in [-0.15, -0.1) is 0 Å². The number of nitrogens with one attached hydrogen (secondary N) is 1. The first-order valence-corrected chi connectivity index (χ1v) is 10.4. The van der Waals surface area contributed by atoms with Crippen LogP contribution in [0.1, 0.15) is 30.9 Å². The van der Waals surface area contributed by atoms with Gasteiger partial charge in [0.2, 0.25) is 0 Å². The van der Waals surface area contributed by atoms with E-state index in [1.54, 1.807) is 10.9 Å². The monoisotopic (exact) mass is 423 g/mol. The van der Waals surface area contributed by atoms with Crippen molar-refractivity contribution in [1.82, 2.24) is 25.0 Å². The largest absolute Gasteiger partial charge is 0.494 e. The van der Waals surface area contributed by atoms with Crippen LogP contribution in [0.15, 0.2) is 24.7 Å². The molecule has 0 saturated heterocycles. The Labute approximate surface area is 178 Å². The van der Waals surface area contributed by atoms with Crippen LogP contribution in [0, 0.1) is 17.6 Å². The minimum absolute atomic E-state index is 0.137. The molecule has 0 spiro atoms. The molecule has 0 radical (unpaired) electrons. The first-order valence-electron chi connectivity index (χ1n) is 10.4. The summed E-state index contributed by atoms with van der Waals surface area (Å²) in [6.07, 6.45) is 8.27. The van der Waals surface area contributed by atoms with Crippen molar-refractivity contribution >= 4 is 10.9 Å². The molecule has 1 aromatic carbocycles. The molecule has 31 heavy (non-hydrogen) atoms. The van der Waals surface area contributed by atoms with Gasteiger partial charge < -0.3 is 4.74 Å². The summed E-state index contributed by atoms with van der Waals surface area (Å²) in [5.74, 6) is -0.470. The van der Waals surface area contributed by atoms with Crippen molar-refractivity contribution in [3.05, 3.63) is 47.4 Å². The van der Waals surface area contributed by atoms with Crippen molar-refractivity contribution in [3.8, 4) is 28.3 Å². The number of methoxy groups -OCH3 is 1. The fraction of sp³-hybridized carbons (Fsp3) is 0.348. The lowest BCUT2D eigenvalue weighted by molar-refractivity contribution is 0.417. The second-order valence-electron chi connectivity index (χ2n) is 8.11. The number of aryl methyl sites for hydroxylation is 2. The van der Waals surface area contributed by atoms with Crippen molar-refractivity contribution in [1.29, 1.82) is 0 Å². The number of pyridine rings is 1. The molecule has 0 bridgehead atoms. The van der Waals surface area contributed by atoms with Gasteiger partial charge in [-0.1, -0.05) is 13.3 Å². The Kier molecular flexibility index (Phi) is 4.72. The fourth-order valence-electron chi connectivity index (χ4n) is 4.58. The summed E-state index contributed by atoms with van der Waals surface area (Å²) in [5.41, 5.74) is 3.31. The van der Waals surface area contributed by atoms with Gasteiger partial charge in [0, 0.05) is 18.8 Å². The van der Waals surface area contributed by atoms with Gasteiger partial charge >= 0.3 is 0 Å². The van der Waals surface area contributed by atoms with Crippen molar-refractivity contribution in [2.45, 2.75) is 32.6 Å². The van der Waals surface area contributed by atoms with Crippen LogP contribution in [-0.4, -0.2) is 32.1 Å². The van der Waals surface area contributed by atoms with Crippen LogP contribution in [0.5, 0.6) is 5.75 Å². The zero-order valence-corrected chi connectivity index (χ0v) is 17.7. The Bertz CT molecular complexity index is 1290. The van der Waals surface area contributed by atoms with Crippen molar-refractivity contribution in [2.75, 3.05) is 7.11 Å². The molecule has 8 heteroatoms. The van der Waals surface area contributed by atoms with Gasteiger partial charge in [-0.25, -0.2) is 13.8 Å². The average molecular weight is 423 g/mol. The van der Waals surface area contributed by atoms with E-state index in [0.717, 1.165) is 24.0 Å². The minimum Gasteiger partial charge on any atom is -0.494 e. The van der Waals surface area contributed by atoms with Gasteiger partial charge in [-0.3, -0.25) is 9.78 Å². The molecule has 0 saturated carbocycles. The van der Waals surface area contributed by atoms with Crippen LogP contribution in [-0.2, 0) is 19.9 Å². The summed E-state index contributed by atoms with van der Waals surface area (Å²) in [6, 6.07) is 1.46. The number of ether oxygens (including phenoxy) is 1. The third kappa shape index (κ3) is 3.08. The van der Waals surface area contributed by atoms with Crippen molar-refractivity contribution in [3.63, 3.8) is 0 Å². The molecule has 1 atom stereocenters. The quantitative estimate of drug-likeness (QED) is 0.511. The van der Waals surface area contributed by atoms with Gasteiger partial charge in [0.15, 0.2) is 5.75 Å². The molecule has 5 rings (SSSR count). The van der Waals surface area contributed by atoms with Gasteiger partial charge in [-0.2, -0.15) is 10.2 Å². The summed E-state index contributed by atoms with van der Waals surface area (Å²) in [5, 5.41) is 12.1. The van der Waals surface area contributed by atoms with Gasteiger partial charge in [0.1, 0.15) is 23.0 Å². The molecule has 0 amide bonds. The molecule has 0 fully saturated rings. The summed E-state index contributed by atoms with van der Waals surface area (Å²) in [7, 11) is 3.28. The smallest absolute Gasteiger partial charge is 0.156 e. The van der Waals surface area contributed by atoms with E-state index in [1.807, 2.05) is 13.2 Å². The standard InChI is InChI=1S/C23H23F2N5O/c1-4-12-5-6-13-8-16(24)18(20(25)15(13)7-12)22-23(31-3)19-17(10-26-22)28-29-21(19)14-9-27-30(2)11-14/h8-12H,4-7H2,1-3H3,(H,28,29). The molecule has 1 unspecified atom stereocenters. The lowest BCUT2D eigenvalue weighted by Crippen LogP contribution is -2.16. The predicted molar refractivity (Wildman–Crippen MR) is 114 cm³/mol. The highest BCUT2D eigenvalue weighted by Crippen LogP contribution is 2.43. The molecule has 4 aromatic rings. The number of hydrogen-bond donors (Lipinski definition) is 1. The Morgan fingerprint density at radius 1 is 1.26 bits per heavy atom. The van der Waals surface area contributed by atoms with Crippen LogP contribution in [0.4, 0.5) is 8.78 Å². The van der Waals surface area contributed by atoms with E-state index in [-0.39, 0.29) is 17.0 Å². The first kappa shape index (κ1) is 19.7. The van der Waals surface area contributed by atoms with E-state index in [4.69, 9.17) is 4.74 Å². The van der Waals surface area contributed by atoms with E-state index < -0.39 is 11.6 Å². The zero-order chi connectivity index (χ0) is 21.7. The van der Waals surface area contributed by atoms with Gasteiger partial charge in [0.05, 0.1) is 36.0 Å². The number of aromatic nitrogens is 5. The van der Waals surface area contributed by atoms with Crippen LogP contribution < -0.4 is 4.74 Å². The Morgan fingerprint density at radius 2 is 2.10 bits per heavy atom. The van der Waals surface area contributed by atoms with Crippen LogP contribution in [0.25, 0.3) is 33.4 Å². The molecule has 160 valence electrons. The van der Waals surface area contributed by atoms with Gasteiger partial charge in [-0.05, 0) is 42.4 Å². The molecule has 6 nitrogen and oxygen atoms in total. The fourth-order valence-corrected chi connectivity index (χ4v) is 4.58. The molecular formula is C23H23F2N5O. The molecule has 1 aliphatic rings. The second kappa shape index (κ2) is 7.44. The summed E-state index contributed by atoms with van der Waals surface area (Å²) in [6.45, 7) is 2.11.